The largest absolute Gasteiger partial charge is 0.399 e. The second kappa shape index (κ2) is 4.36. The van der Waals surface area contributed by atoms with Crippen LogP contribution in [0, 0.1) is 0 Å². The van der Waals surface area contributed by atoms with E-state index >= 15 is 0 Å². The van der Waals surface area contributed by atoms with Gasteiger partial charge in [-0.1, -0.05) is 16.8 Å². The summed E-state index contributed by atoms with van der Waals surface area (Å²) >= 11 is 7.27. The van der Waals surface area contributed by atoms with Crippen LogP contribution < -0.4 is 0 Å². The Balaban J connectivity index is 2.45. The molecular formula is C7H8ClNOS. The first kappa shape index (κ1) is 8.56. The second-order valence-electron chi connectivity index (χ2n) is 1.88. The Morgan fingerprint density at radius 1 is 1.73 bits per heavy atom. The molecule has 0 saturated carbocycles. The van der Waals surface area contributed by atoms with Crippen molar-refractivity contribution in [2.24, 2.45) is 5.16 Å². The highest BCUT2D eigenvalue weighted by atomic mass is 35.5. The maximum atomic E-state index is 5.72. The summed E-state index contributed by atoms with van der Waals surface area (Å²) in [6.07, 6.45) is 2.49. The van der Waals surface area contributed by atoms with Gasteiger partial charge in [0.05, 0.1) is 4.34 Å². The highest BCUT2D eigenvalue weighted by Crippen LogP contribution is 2.20. The van der Waals surface area contributed by atoms with E-state index in [0.29, 0.717) is 0 Å². The average molecular weight is 190 g/mol. The van der Waals surface area contributed by atoms with Crippen LogP contribution in [0.5, 0.6) is 0 Å². The van der Waals surface area contributed by atoms with E-state index in [0.717, 1.165) is 10.8 Å². The molecule has 0 N–H and O–H groups in total. The maximum absolute atomic E-state index is 5.72. The second-order valence-corrected chi connectivity index (χ2v) is 3.68. The highest BCUT2D eigenvalue weighted by Gasteiger charge is 1.94. The van der Waals surface area contributed by atoms with E-state index < -0.39 is 0 Å². The molecule has 4 heteroatoms. The number of thiophene rings is 1. The maximum Gasteiger partial charge on any atom is 0.106 e. The quantitative estimate of drug-likeness (QED) is 0.529. The van der Waals surface area contributed by atoms with Crippen LogP contribution >= 0.6 is 22.9 Å². The van der Waals surface area contributed by atoms with Crippen molar-refractivity contribution < 1.29 is 4.84 Å². The van der Waals surface area contributed by atoms with Gasteiger partial charge in [-0.2, -0.15) is 0 Å². The molecule has 1 aromatic heterocycles. The molecule has 11 heavy (non-hydrogen) atoms. The number of rotatable bonds is 3. The van der Waals surface area contributed by atoms with Crippen molar-refractivity contribution >= 4 is 29.2 Å². The molecule has 0 bridgehead atoms. The Kier molecular flexibility index (Phi) is 3.39. The van der Waals surface area contributed by atoms with Crippen molar-refractivity contribution in [2.45, 2.75) is 6.42 Å². The summed E-state index contributed by atoms with van der Waals surface area (Å²) in [5, 5.41) is 3.61. The Morgan fingerprint density at radius 3 is 3.09 bits per heavy atom. The third kappa shape index (κ3) is 2.91. The Labute approximate surface area is 74.4 Å². The molecule has 0 aromatic carbocycles. The molecule has 0 saturated heterocycles. The molecule has 0 spiro atoms. The van der Waals surface area contributed by atoms with Crippen LogP contribution in [0.3, 0.4) is 0 Å². The topological polar surface area (TPSA) is 21.6 Å². The molecule has 0 radical (unpaired) electrons. The van der Waals surface area contributed by atoms with E-state index in [-0.39, 0.29) is 0 Å². The number of oxime groups is 1. The van der Waals surface area contributed by atoms with Gasteiger partial charge in [-0.15, -0.1) is 11.3 Å². The van der Waals surface area contributed by atoms with E-state index in [1.165, 1.54) is 12.0 Å². The van der Waals surface area contributed by atoms with Crippen LogP contribution in [-0.4, -0.2) is 13.3 Å². The minimum Gasteiger partial charge on any atom is -0.399 e. The van der Waals surface area contributed by atoms with Gasteiger partial charge in [-0.05, 0) is 12.1 Å². The van der Waals surface area contributed by atoms with Gasteiger partial charge in [0.15, 0.2) is 0 Å². The smallest absolute Gasteiger partial charge is 0.106 e. The lowest BCUT2D eigenvalue weighted by molar-refractivity contribution is 0.215. The van der Waals surface area contributed by atoms with Crippen LogP contribution in [0.2, 0.25) is 4.34 Å². The van der Waals surface area contributed by atoms with Crippen LogP contribution in [0.15, 0.2) is 17.3 Å². The molecular weight excluding hydrogens is 182 g/mol. The Bertz CT molecular complexity index is 246. The van der Waals surface area contributed by atoms with Crippen LogP contribution in [0.4, 0.5) is 0 Å². The average Bonchev–Trinajstić information content (AvgIpc) is 2.37. The zero-order valence-electron chi connectivity index (χ0n) is 6.08. The molecule has 2 nitrogen and oxygen atoms in total. The molecule has 0 aliphatic carbocycles. The summed E-state index contributed by atoms with van der Waals surface area (Å²) in [5.74, 6) is 0. The molecule has 60 valence electrons. The molecule has 0 unspecified atom stereocenters. The lowest BCUT2D eigenvalue weighted by Gasteiger charge is -1.86. The van der Waals surface area contributed by atoms with Crippen LogP contribution in [0.25, 0.3) is 0 Å². The molecule has 1 heterocycles. The molecule has 1 rings (SSSR count). The van der Waals surface area contributed by atoms with Gasteiger partial charge >= 0.3 is 0 Å². The zero-order valence-corrected chi connectivity index (χ0v) is 7.65. The fraction of sp³-hybridized carbons (Fsp3) is 0.286. The Hall–Kier alpha value is -0.540. The van der Waals surface area contributed by atoms with Gasteiger partial charge in [0.1, 0.15) is 7.11 Å². The lowest BCUT2D eigenvalue weighted by atomic mass is 10.4. The standard InChI is InChI=1S/C7H8ClNOS/c1-10-9-5-4-6-2-3-7(8)11-6/h2-3,5H,4H2,1H3. The fourth-order valence-electron chi connectivity index (χ4n) is 0.663. The number of hydrogen-bond donors (Lipinski definition) is 0. The zero-order chi connectivity index (χ0) is 8.10. The minimum atomic E-state index is 0.783. The monoisotopic (exact) mass is 189 g/mol. The predicted octanol–water partition coefficient (Wildman–Crippen LogP) is 2.58. The van der Waals surface area contributed by atoms with Gasteiger partial charge in [0.25, 0.3) is 0 Å². The Morgan fingerprint density at radius 2 is 2.55 bits per heavy atom. The number of halogens is 1. The van der Waals surface area contributed by atoms with Gasteiger partial charge in [-0.25, -0.2) is 0 Å². The van der Waals surface area contributed by atoms with Crippen LogP contribution in [-0.2, 0) is 11.3 Å². The SMILES string of the molecule is CON=CCc1ccc(Cl)s1. The van der Waals surface area contributed by atoms with E-state index in [9.17, 15) is 0 Å². The summed E-state index contributed by atoms with van der Waals surface area (Å²) in [4.78, 5) is 5.70. The normalized spacial score (nSPS) is 10.7. The third-order valence-electron chi connectivity index (χ3n) is 1.10. The number of nitrogens with zero attached hydrogens (tertiary/aromatic N) is 1. The summed E-state index contributed by atoms with van der Waals surface area (Å²) < 4.78 is 0.811. The highest BCUT2D eigenvalue weighted by molar-refractivity contribution is 7.16. The van der Waals surface area contributed by atoms with Crippen molar-refractivity contribution in [1.29, 1.82) is 0 Å². The molecule has 0 fully saturated rings. The van der Waals surface area contributed by atoms with E-state index in [1.54, 1.807) is 17.6 Å². The molecule has 0 aliphatic heterocycles. The van der Waals surface area contributed by atoms with Crippen LogP contribution in [0.1, 0.15) is 4.88 Å². The van der Waals surface area contributed by atoms with E-state index in [1.807, 2.05) is 12.1 Å². The molecule has 0 aliphatic rings. The molecule has 1 aromatic rings. The van der Waals surface area contributed by atoms with Gasteiger partial charge < -0.3 is 4.84 Å². The van der Waals surface area contributed by atoms with Crippen molar-refractivity contribution in [3.8, 4) is 0 Å². The summed E-state index contributed by atoms with van der Waals surface area (Å²) in [6, 6.07) is 3.86. The first-order chi connectivity index (χ1) is 5.33. The predicted molar refractivity (Wildman–Crippen MR) is 48.5 cm³/mol. The van der Waals surface area contributed by atoms with Gasteiger partial charge in [-0.3, -0.25) is 0 Å². The number of hydrogen-bond acceptors (Lipinski definition) is 3. The van der Waals surface area contributed by atoms with E-state index in [4.69, 9.17) is 11.6 Å². The molecule has 0 amide bonds. The van der Waals surface area contributed by atoms with E-state index in [2.05, 4.69) is 9.99 Å². The van der Waals surface area contributed by atoms with Crippen molar-refractivity contribution in [1.82, 2.24) is 0 Å². The summed E-state index contributed by atoms with van der Waals surface area (Å²) in [6.45, 7) is 0. The van der Waals surface area contributed by atoms with Crippen molar-refractivity contribution in [2.75, 3.05) is 7.11 Å². The van der Waals surface area contributed by atoms with Gasteiger partial charge in [0, 0.05) is 17.5 Å². The fourth-order valence-corrected chi connectivity index (χ4v) is 1.70. The summed E-state index contributed by atoms with van der Waals surface area (Å²) in [7, 11) is 1.53. The minimum absolute atomic E-state index is 0.783. The lowest BCUT2D eigenvalue weighted by Crippen LogP contribution is -1.80. The van der Waals surface area contributed by atoms with Gasteiger partial charge in [0.2, 0.25) is 0 Å². The van der Waals surface area contributed by atoms with Crippen molar-refractivity contribution in [3.05, 3.63) is 21.3 Å². The van der Waals surface area contributed by atoms with Crippen molar-refractivity contribution in [3.63, 3.8) is 0 Å². The summed E-state index contributed by atoms with van der Waals surface area (Å²) in [5.41, 5.74) is 0. The first-order valence-corrected chi connectivity index (χ1v) is 4.31. The third-order valence-corrected chi connectivity index (χ3v) is 2.35. The first-order valence-electron chi connectivity index (χ1n) is 3.12. The molecule has 0 atom stereocenters.